The van der Waals surface area contributed by atoms with E-state index in [9.17, 15) is 4.79 Å². The van der Waals surface area contributed by atoms with Crippen LogP contribution >= 0.6 is 0 Å². The van der Waals surface area contributed by atoms with Gasteiger partial charge in [-0.15, -0.1) is 0 Å². The first kappa shape index (κ1) is 17.2. The largest absolute Gasteiger partial charge is 0.481 e. The van der Waals surface area contributed by atoms with Gasteiger partial charge in [0.1, 0.15) is 6.61 Å². The fourth-order valence-corrected chi connectivity index (χ4v) is 2.36. The lowest BCUT2D eigenvalue weighted by Gasteiger charge is -2.11. The first-order valence-corrected chi connectivity index (χ1v) is 7.59. The Balaban J connectivity index is 1.78. The summed E-state index contributed by atoms with van der Waals surface area (Å²) in [4.78, 5) is 11.0. The van der Waals surface area contributed by atoms with Crippen LogP contribution < -0.4 is 0 Å². The quantitative estimate of drug-likeness (QED) is 0.654. The SMILES string of the molecule is O=C(O)CC(CCCOCc1ccccc1)c1cc(CO)on1. The fourth-order valence-electron chi connectivity index (χ4n) is 2.36. The molecule has 0 aliphatic rings. The summed E-state index contributed by atoms with van der Waals surface area (Å²) < 4.78 is 10.5. The lowest BCUT2D eigenvalue weighted by molar-refractivity contribution is -0.137. The molecule has 0 saturated carbocycles. The number of carboxylic acid groups (broad SMARTS) is 1. The van der Waals surface area contributed by atoms with Crippen molar-refractivity contribution in [1.82, 2.24) is 5.16 Å². The molecule has 2 rings (SSSR count). The number of aliphatic hydroxyl groups is 1. The van der Waals surface area contributed by atoms with Gasteiger partial charge in [0, 0.05) is 18.6 Å². The van der Waals surface area contributed by atoms with E-state index in [2.05, 4.69) is 5.16 Å². The third-order valence-corrected chi connectivity index (χ3v) is 3.53. The Morgan fingerprint density at radius 1 is 1.30 bits per heavy atom. The second-order valence-corrected chi connectivity index (χ2v) is 5.35. The summed E-state index contributed by atoms with van der Waals surface area (Å²) in [6.45, 7) is 0.853. The number of carboxylic acids is 1. The van der Waals surface area contributed by atoms with Crippen LogP contribution in [0.4, 0.5) is 0 Å². The van der Waals surface area contributed by atoms with Gasteiger partial charge in [0.25, 0.3) is 0 Å². The number of rotatable bonds is 10. The number of hydrogen-bond acceptors (Lipinski definition) is 5. The summed E-state index contributed by atoms with van der Waals surface area (Å²) in [6.07, 6.45) is 1.35. The van der Waals surface area contributed by atoms with Crippen LogP contribution in [0.5, 0.6) is 0 Å². The Hall–Kier alpha value is -2.18. The molecule has 2 N–H and O–H groups in total. The van der Waals surface area contributed by atoms with E-state index in [1.165, 1.54) is 0 Å². The molecular formula is C17H21NO5. The summed E-state index contributed by atoms with van der Waals surface area (Å²) in [5.41, 5.74) is 1.68. The van der Waals surface area contributed by atoms with E-state index in [-0.39, 0.29) is 18.9 Å². The minimum atomic E-state index is -0.881. The van der Waals surface area contributed by atoms with Gasteiger partial charge in [-0.1, -0.05) is 35.5 Å². The summed E-state index contributed by atoms with van der Waals surface area (Å²) in [5, 5.41) is 21.9. The van der Waals surface area contributed by atoms with Crippen molar-refractivity contribution in [3.05, 3.63) is 53.4 Å². The average Bonchev–Trinajstić information content (AvgIpc) is 3.03. The van der Waals surface area contributed by atoms with Crippen molar-refractivity contribution in [2.24, 2.45) is 0 Å². The predicted octanol–water partition coefficient (Wildman–Crippen LogP) is 2.72. The van der Waals surface area contributed by atoms with Crippen molar-refractivity contribution in [3.63, 3.8) is 0 Å². The highest BCUT2D eigenvalue weighted by molar-refractivity contribution is 5.67. The van der Waals surface area contributed by atoms with Crippen molar-refractivity contribution >= 4 is 5.97 Å². The fraction of sp³-hybridized carbons (Fsp3) is 0.412. The molecule has 0 spiro atoms. The number of nitrogens with zero attached hydrogens (tertiary/aromatic N) is 1. The second-order valence-electron chi connectivity index (χ2n) is 5.35. The van der Waals surface area contributed by atoms with Gasteiger partial charge in [0.2, 0.25) is 0 Å². The standard InChI is InChI=1S/C17H21NO5/c19-11-15-10-16(18-23-15)14(9-17(20)21)7-4-8-22-12-13-5-2-1-3-6-13/h1-3,5-6,10,14,19H,4,7-9,11-12H2,(H,20,21). The smallest absolute Gasteiger partial charge is 0.304 e. The van der Waals surface area contributed by atoms with Crippen LogP contribution in [0, 0.1) is 0 Å². The first-order chi connectivity index (χ1) is 11.2. The Labute approximate surface area is 134 Å². The molecule has 0 aliphatic carbocycles. The molecule has 1 atom stereocenters. The summed E-state index contributed by atoms with van der Waals surface area (Å²) >= 11 is 0. The van der Waals surface area contributed by atoms with Crippen molar-refractivity contribution in [2.45, 2.75) is 38.4 Å². The number of aliphatic carboxylic acids is 1. The normalized spacial score (nSPS) is 12.2. The Morgan fingerprint density at radius 2 is 2.09 bits per heavy atom. The molecule has 0 radical (unpaired) electrons. The van der Waals surface area contributed by atoms with Gasteiger partial charge in [-0.2, -0.15) is 0 Å². The van der Waals surface area contributed by atoms with E-state index in [4.69, 9.17) is 19.5 Å². The summed E-state index contributed by atoms with van der Waals surface area (Å²) in [5.74, 6) is -0.777. The lowest BCUT2D eigenvalue weighted by atomic mass is 9.96. The van der Waals surface area contributed by atoms with Crippen LogP contribution in [0.3, 0.4) is 0 Å². The van der Waals surface area contributed by atoms with Gasteiger partial charge in [-0.05, 0) is 18.4 Å². The van der Waals surface area contributed by atoms with E-state index in [1.54, 1.807) is 6.07 Å². The molecule has 1 heterocycles. The highest BCUT2D eigenvalue weighted by Crippen LogP contribution is 2.25. The van der Waals surface area contributed by atoms with E-state index in [0.717, 1.165) is 12.0 Å². The monoisotopic (exact) mass is 319 g/mol. The molecule has 124 valence electrons. The molecule has 1 aromatic heterocycles. The lowest BCUT2D eigenvalue weighted by Crippen LogP contribution is -2.08. The molecule has 6 nitrogen and oxygen atoms in total. The third-order valence-electron chi connectivity index (χ3n) is 3.53. The Kier molecular flexibility index (Phi) is 6.77. The van der Waals surface area contributed by atoms with E-state index < -0.39 is 5.97 Å². The highest BCUT2D eigenvalue weighted by atomic mass is 16.5. The van der Waals surface area contributed by atoms with Crippen molar-refractivity contribution in [1.29, 1.82) is 0 Å². The maximum absolute atomic E-state index is 11.0. The van der Waals surface area contributed by atoms with Crippen molar-refractivity contribution < 1.29 is 24.3 Å². The molecule has 6 heteroatoms. The van der Waals surface area contributed by atoms with Crippen molar-refractivity contribution in [3.8, 4) is 0 Å². The number of ether oxygens (including phenoxy) is 1. The van der Waals surface area contributed by atoms with Gasteiger partial charge >= 0.3 is 5.97 Å². The maximum Gasteiger partial charge on any atom is 0.304 e. The van der Waals surface area contributed by atoms with Crippen molar-refractivity contribution in [2.75, 3.05) is 6.61 Å². The minimum Gasteiger partial charge on any atom is -0.481 e. The minimum absolute atomic E-state index is 0.0178. The Morgan fingerprint density at radius 3 is 2.74 bits per heavy atom. The van der Waals surface area contributed by atoms with Gasteiger partial charge in [-0.3, -0.25) is 4.79 Å². The topological polar surface area (TPSA) is 92.8 Å². The molecule has 0 amide bonds. The molecule has 23 heavy (non-hydrogen) atoms. The molecule has 0 aliphatic heterocycles. The molecule has 0 bridgehead atoms. The van der Waals surface area contributed by atoms with Crippen LogP contribution in [0.15, 0.2) is 40.9 Å². The third kappa shape index (κ3) is 5.84. The van der Waals surface area contributed by atoms with Gasteiger partial charge in [0.05, 0.1) is 18.7 Å². The molecular weight excluding hydrogens is 298 g/mol. The van der Waals surface area contributed by atoms with Crippen LogP contribution in [-0.2, 0) is 22.7 Å². The van der Waals surface area contributed by atoms with E-state index >= 15 is 0 Å². The Bertz CT molecular complexity index is 596. The zero-order valence-electron chi connectivity index (χ0n) is 12.9. The zero-order valence-corrected chi connectivity index (χ0v) is 12.9. The molecule has 0 fully saturated rings. The number of aliphatic hydroxyl groups excluding tert-OH is 1. The molecule has 1 aromatic carbocycles. The van der Waals surface area contributed by atoms with E-state index in [1.807, 2.05) is 30.3 Å². The van der Waals surface area contributed by atoms with E-state index in [0.29, 0.717) is 31.1 Å². The number of carbonyl (C=O) groups is 1. The van der Waals surface area contributed by atoms with Crippen LogP contribution in [0.1, 0.15) is 42.2 Å². The summed E-state index contributed by atoms with van der Waals surface area (Å²) in [7, 11) is 0. The molecule has 2 aromatic rings. The predicted molar refractivity (Wildman–Crippen MR) is 82.8 cm³/mol. The number of hydrogen-bond donors (Lipinski definition) is 2. The average molecular weight is 319 g/mol. The van der Waals surface area contributed by atoms with Gasteiger partial charge in [0.15, 0.2) is 5.76 Å². The number of benzene rings is 1. The van der Waals surface area contributed by atoms with Crippen LogP contribution in [-0.4, -0.2) is 27.9 Å². The molecule has 1 unspecified atom stereocenters. The van der Waals surface area contributed by atoms with Crippen LogP contribution in [0.25, 0.3) is 0 Å². The number of aromatic nitrogens is 1. The van der Waals surface area contributed by atoms with Gasteiger partial charge < -0.3 is 19.5 Å². The van der Waals surface area contributed by atoms with Gasteiger partial charge in [-0.25, -0.2) is 0 Å². The summed E-state index contributed by atoms with van der Waals surface area (Å²) in [6, 6.07) is 11.5. The van der Waals surface area contributed by atoms with Crippen LogP contribution in [0.2, 0.25) is 0 Å². The zero-order chi connectivity index (χ0) is 16.5. The second kappa shape index (κ2) is 9.07. The maximum atomic E-state index is 11.0. The first-order valence-electron chi connectivity index (χ1n) is 7.59. The molecule has 0 saturated heterocycles. The highest BCUT2D eigenvalue weighted by Gasteiger charge is 2.19.